The largest absolute Gasteiger partial charge is 0.352 e. The number of rotatable bonds is 4. The van der Waals surface area contributed by atoms with E-state index >= 15 is 0 Å². The summed E-state index contributed by atoms with van der Waals surface area (Å²) in [4.78, 5) is 25.3. The van der Waals surface area contributed by atoms with Gasteiger partial charge >= 0.3 is 0 Å². The first-order valence-electron chi connectivity index (χ1n) is 6.53. The summed E-state index contributed by atoms with van der Waals surface area (Å²) in [6.07, 6.45) is 5.15. The number of likely N-dealkylation sites (N-methyl/N-ethyl adjacent to an activating group) is 1. The molecule has 2 aliphatic rings. The van der Waals surface area contributed by atoms with E-state index in [0.717, 1.165) is 25.7 Å². The Labute approximate surface area is 107 Å². The summed E-state index contributed by atoms with van der Waals surface area (Å²) < 4.78 is 0. The molecule has 2 saturated carbocycles. The quantitative estimate of drug-likeness (QED) is 0.801. The van der Waals surface area contributed by atoms with Crippen LogP contribution >= 0.6 is 0 Å². The first kappa shape index (κ1) is 12.9. The highest BCUT2D eigenvalue weighted by Crippen LogP contribution is 2.38. The number of carbonyl (C=O) groups excluding carboxylic acids is 2. The molecule has 0 atom stereocenters. The van der Waals surface area contributed by atoms with Gasteiger partial charge in [-0.25, -0.2) is 0 Å². The lowest BCUT2D eigenvalue weighted by molar-refractivity contribution is -0.140. The van der Waals surface area contributed by atoms with Gasteiger partial charge in [-0.2, -0.15) is 5.26 Å². The first-order chi connectivity index (χ1) is 8.57. The standard InChI is InChI=1S/C13H19N3O2/c1-16(8-11(17)15-10-4-5-10)12(18)13(9-14)6-2-3-7-13/h10H,2-8H2,1H3,(H,15,17). The zero-order chi connectivity index (χ0) is 13.2. The number of carbonyl (C=O) groups is 2. The minimum atomic E-state index is -0.880. The molecule has 0 aromatic carbocycles. The summed E-state index contributed by atoms with van der Waals surface area (Å²) in [5.74, 6) is -0.326. The number of hydrogen-bond donors (Lipinski definition) is 1. The number of amides is 2. The molecule has 0 radical (unpaired) electrons. The Morgan fingerprint density at radius 2 is 2.00 bits per heavy atom. The second-order valence-electron chi connectivity index (χ2n) is 5.40. The molecule has 0 saturated heterocycles. The van der Waals surface area contributed by atoms with Gasteiger partial charge in [0.05, 0.1) is 12.6 Å². The molecule has 2 amide bonds. The molecule has 0 heterocycles. The van der Waals surface area contributed by atoms with E-state index in [9.17, 15) is 14.9 Å². The van der Waals surface area contributed by atoms with Crippen molar-refractivity contribution in [1.29, 1.82) is 5.26 Å². The molecule has 2 fully saturated rings. The molecule has 0 unspecified atom stereocenters. The third-order valence-electron chi connectivity index (χ3n) is 3.75. The van der Waals surface area contributed by atoms with Crippen LogP contribution in [0.2, 0.25) is 0 Å². The van der Waals surface area contributed by atoms with Gasteiger partial charge in [-0.15, -0.1) is 0 Å². The third kappa shape index (κ3) is 2.63. The van der Waals surface area contributed by atoms with E-state index in [1.54, 1.807) is 7.05 Å². The monoisotopic (exact) mass is 249 g/mol. The number of nitrogens with zero attached hydrogens (tertiary/aromatic N) is 2. The second kappa shape index (κ2) is 4.97. The molecule has 98 valence electrons. The smallest absolute Gasteiger partial charge is 0.243 e. The van der Waals surface area contributed by atoms with E-state index in [2.05, 4.69) is 11.4 Å². The topological polar surface area (TPSA) is 73.2 Å². The van der Waals surface area contributed by atoms with Crippen molar-refractivity contribution in [3.63, 3.8) is 0 Å². The van der Waals surface area contributed by atoms with Gasteiger partial charge in [0.25, 0.3) is 0 Å². The summed E-state index contributed by atoms with van der Waals surface area (Å²) in [5.41, 5.74) is -0.880. The maximum Gasteiger partial charge on any atom is 0.243 e. The van der Waals surface area contributed by atoms with Crippen LogP contribution in [0.15, 0.2) is 0 Å². The molecule has 5 heteroatoms. The van der Waals surface area contributed by atoms with Crippen LogP contribution in [0.4, 0.5) is 0 Å². The molecule has 0 aromatic rings. The summed E-state index contributed by atoms with van der Waals surface area (Å²) >= 11 is 0. The molecule has 2 rings (SSSR count). The van der Waals surface area contributed by atoms with Crippen molar-refractivity contribution in [2.75, 3.05) is 13.6 Å². The minimum Gasteiger partial charge on any atom is -0.352 e. The lowest BCUT2D eigenvalue weighted by Crippen LogP contribution is -2.45. The Balaban J connectivity index is 1.91. The second-order valence-corrected chi connectivity index (χ2v) is 5.40. The molecule has 0 aromatic heterocycles. The van der Waals surface area contributed by atoms with Crippen LogP contribution in [0.25, 0.3) is 0 Å². The van der Waals surface area contributed by atoms with Crippen LogP contribution in [-0.2, 0) is 9.59 Å². The van der Waals surface area contributed by atoms with E-state index < -0.39 is 5.41 Å². The van der Waals surface area contributed by atoms with Crippen LogP contribution in [-0.4, -0.2) is 36.3 Å². The van der Waals surface area contributed by atoms with Gasteiger partial charge in [-0.1, -0.05) is 12.8 Å². The maximum atomic E-state index is 12.3. The molecule has 5 nitrogen and oxygen atoms in total. The number of nitriles is 1. The highest BCUT2D eigenvalue weighted by atomic mass is 16.2. The Morgan fingerprint density at radius 1 is 1.39 bits per heavy atom. The van der Waals surface area contributed by atoms with Crippen LogP contribution < -0.4 is 5.32 Å². The molecule has 1 N–H and O–H groups in total. The van der Waals surface area contributed by atoms with Gasteiger partial charge in [-0.05, 0) is 25.7 Å². The fraction of sp³-hybridized carbons (Fsp3) is 0.769. The molecule has 2 aliphatic carbocycles. The first-order valence-corrected chi connectivity index (χ1v) is 6.53. The average molecular weight is 249 g/mol. The normalized spacial score (nSPS) is 21.1. The summed E-state index contributed by atoms with van der Waals surface area (Å²) in [7, 11) is 1.60. The van der Waals surface area contributed by atoms with Gasteiger partial charge < -0.3 is 10.2 Å². The molecule has 0 spiro atoms. The van der Waals surface area contributed by atoms with Gasteiger partial charge in [0, 0.05) is 13.1 Å². The summed E-state index contributed by atoms with van der Waals surface area (Å²) in [6, 6.07) is 2.46. The SMILES string of the molecule is CN(CC(=O)NC1CC1)C(=O)C1(C#N)CCCC1. The van der Waals surface area contributed by atoms with Crippen molar-refractivity contribution in [3.8, 4) is 6.07 Å². The van der Waals surface area contributed by atoms with Crippen molar-refractivity contribution in [1.82, 2.24) is 10.2 Å². The highest BCUT2D eigenvalue weighted by molar-refractivity contribution is 5.89. The van der Waals surface area contributed by atoms with Gasteiger partial charge in [0.2, 0.25) is 11.8 Å². The third-order valence-corrected chi connectivity index (χ3v) is 3.75. The fourth-order valence-electron chi connectivity index (χ4n) is 2.51. The molecule has 0 aliphatic heterocycles. The average Bonchev–Trinajstić information content (AvgIpc) is 3.02. The van der Waals surface area contributed by atoms with Crippen molar-refractivity contribution in [2.24, 2.45) is 5.41 Å². The van der Waals surface area contributed by atoms with Crippen LogP contribution in [0, 0.1) is 16.7 Å². The van der Waals surface area contributed by atoms with E-state index in [1.807, 2.05) is 0 Å². The Kier molecular flexibility index (Phi) is 3.55. The minimum absolute atomic E-state index is 0.0543. The lowest BCUT2D eigenvalue weighted by atomic mass is 9.86. The van der Waals surface area contributed by atoms with Crippen molar-refractivity contribution in [2.45, 2.75) is 44.6 Å². The van der Waals surface area contributed by atoms with Crippen molar-refractivity contribution >= 4 is 11.8 Å². The Hall–Kier alpha value is -1.57. The molecule has 18 heavy (non-hydrogen) atoms. The molecular formula is C13H19N3O2. The number of hydrogen-bond acceptors (Lipinski definition) is 3. The fourth-order valence-corrected chi connectivity index (χ4v) is 2.51. The molecule has 0 bridgehead atoms. The summed E-state index contributed by atoms with van der Waals surface area (Å²) in [6.45, 7) is 0.0543. The van der Waals surface area contributed by atoms with Gasteiger partial charge in [0.15, 0.2) is 0 Å². The van der Waals surface area contributed by atoms with Crippen molar-refractivity contribution < 1.29 is 9.59 Å². The van der Waals surface area contributed by atoms with E-state index in [4.69, 9.17) is 0 Å². The highest BCUT2D eigenvalue weighted by Gasteiger charge is 2.43. The van der Waals surface area contributed by atoms with Crippen LogP contribution in [0.3, 0.4) is 0 Å². The predicted molar refractivity (Wildman–Crippen MR) is 65.3 cm³/mol. The Bertz CT molecular complexity index is 390. The van der Waals surface area contributed by atoms with E-state index in [-0.39, 0.29) is 18.4 Å². The molecular weight excluding hydrogens is 230 g/mol. The zero-order valence-electron chi connectivity index (χ0n) is 10.7. The predicted octanol–water partition coefficient (Wildman–Crippen LogP) is 0.807. The van der Waals surface area contributed by atoms with E-state index in [0.29, 0.717) is 18.9 Å². The summed E-state index contributed by atoms with van der Waals surface area (Å²) in [5, 5.41) is 12.1. The van der Waals surface area contributed by atoms with Crippen LogP contribution in [0.1, 0.15) is 38.5 Å². The lowest BCUT2D eigenvalue weighted by Gasteiger charge is -2.26. The maximum absolute atomic E-state index is 12.3. The Morgan fingerprint density at radius 3 is 2.50 bits per heavy atom. The van der Waals surface area contributed by atoms with Crippen molar-refractivity contribution in [3.05, 3.63) is 0 Å². The van der Waals surface area contributed by atoms with Crippen LogP contribution in [0.5, 0.6) is 0 Å². The number of nitrogens with one attached hydrogen (secondary N) is 1. The van der Waals surface area contributed by atoms with Gasteiger partial charge in [0.1, 0.15) is 5.41 Å². The van der Waals surface area contributed by atoms with Gasteiger partial charge in [-0.3, -0.25) is 9.59 Å². The zero-order valence-corrected chi connectivity index (χ0v) is 10.7. The van der Waals surface area contributed by atoms with E-state index in [1.165, 1.54) is 4.90 Å².